The number of ether oxygens (including phenoxy) is 2. The van der Waals surface area contributed by atoms with E-state index < -0.39 is 0 Å². The van der Waals surface area contributed by atoms with E-state index in [1.54, 1.807) is 7.11 Å². The van der Waals surface area contributed by atoms with Crippen LogP contribution in [0.1, 0.15) is 5.56 Å². The van der Waals surface area contributed by atoms with Crippen molar-refractivity contribution < 1.29 is 9.47 Å². The third-order valence-electron chi connectivity index (χ3n) is 4.10. The largest absolute Gasteiger partial charge is 0.497 e. The van der Waals surface area contributed by atoms with Crippen LogP contribution in [0.2, 0.25) is 0 Å². The first-order valence-corrected chi connectivity index (χ1v) is 8.26. The Kier molecular flexibility index (Phi) is 5.26. The lowest BCUT2D eigenvalue weighted by Crippen LogP contribution is -2.40. The van der Waals surface area contributed by atoms with Gasteiger partial charge >= 0.3 is 0 Å². The molecule has 0 N–H and O–H groups in total. The molecule has 0 atom stereocenters. The maximum Gasteiger partial charge on any atom is 0.118 e. The van der Waals surface area contributed by atoms with E-state index in [1.807, 2.05) is 12.1 Å². The fraction of sp³-hybridized carbons (Fsp3) is 0.316. The Labute approximate surface area is 142 Å². The minimum atomic E-state index is 0.774. The van der Waals surface area contributed by atoms with Crippen LogP contribution in [0.5, 0.6) is 5.75 Å². The summed E-state index contributed by atoms with van der Waals surface area (Å²) in [7, 11) is 1.68. The van der Waals surface area contributed by atoms with Gasteiger partial charge < -0.3 is 14.4 Å². The quantitative estimate of drug-likeness (QED) is 0.800. The molecule has 4 heteroatoms. The van der Waals surface area contributed by atoms with E-state index in [2.05, 4.69) is 41.3 Å². The minimum absolute atomic E-state index is 0.774. The van der Waals surface area contributed by atoms with Crippen LogP contribution < -0.4 is 4.74 Å². The Morgan fingerprint density at radius 3 is 2.13 bits per heavy atom. The predicted molar refractivity (Wildman–Crippen MR) is 97.1 cm³/mol. The SMILES string of the molecule is COc1ccc(-c2ccc(CC(=S)N3CCOCC3)cc2)cc1. The Bertz CT molecular complexity index is 646. The summed E-state index contributed by atoms with van der Waals surface area (Å²) in [5.74, 6) is 0.876. The smallest absolute Gasteiger partial charge is 0.118 e. The molecule has 2 aromatic carbocycles. The number of nitrogens with zero attached hydrogens (tertiary/aromatic N) is 1. The van der Waals surface area contributed by atoms with Gasteiger partial charge in [0, 0.05) is 19.5 Å². The molecule has 0 spiro atoms. The lowest BCUT2D eigenvalue weighted by molar-refractivity contribution is 0.0685. The van der Waals surface area contributed by atoms with Crippen LogP contribution in [0.15, 0.2) is 48.5 Å². The zero-order chi connectivity index (χ0) is 16.1. The molecule has 1 saturated heterocycles. The Balaban J connectivity index is 1.65. The Morgan fingerprint density at radius 1 is 1.00 bits per heavy atom. The number of hydrogen-bond acceptors (Lipinski definition) is 3. The molecule has 23 heavy (non-hydrogen) atoms. The lowest BCUT2D eigenvalue weighted by atomic mass is 10.0. The molecular weight excluding hydrogens is 306 g/mol. The van der Waals surface area contributed by atoms with Gasteiger partial charge in [0.15, 0.2) is 0 Å². The molecule has 0 saturated carbocycles. The van der Waals surface area contributed by atoms with E-state index >= 15 is 0 Å². The molecule has 0 aromatic heterocycles. The zero-order valence-electron chi connectivity index (χ0n) is 13.3. The first kappa shape index (κ1) is 16.0. The van der Waals surface area contributed by atoms with Gasteiger partial charge in [-0.15, -0.1) is 0 Å². The van der Waals surface area contributed by atoms with Gasteiger partial charge in [-0.25, -0.2) is 0 Å². The summed E-state index contributed by atoms with van der Waals surface area (Å²) < 4.78 is 10.6. The number of thiocarbonyl (C=S) groups is 1. The van der Waals surface area contributed by atoms with E-state index in [0.29, 0.717) is 0 Å². The van der Waals surface area contributed by atoms with Crippen LogP contribution in [-0.4, -0.2) is 43.3 Å². The van der Waals surface area contributed by atoms with Crippen molar-refractivity contribution in [2.75, 3.05) is 33.4 Å². The summed E-state index contributed by atoms with van der Waals surface area (Å²) in [6.45, 7) is 3.36. The maximum atomic E-state index is 5.57. The molecule has 0 amide bonds. The highest BCUT2D eigenvalue weighted by atomic mass is 32.1. The fourth-order valence-electron chi connectivity index (χ4n) is 2.70. The molecule has 0 bridgehead atoms. The normalized spacial score (nSPS) is 14.6. The lowest BCUT2D eigenvalue weighted by Gasteiger charge is -2.29. The molecule has 1 aliphatic heterocycles. The number of methoxy groups -OCH3 is 1. The average molecular weight is 327 g/mol. The summed E-state index contributed by atoms with van der Waals surface area (Å²) >= 11 is 5.57. The van der Waals surface area contributed by atoms with E-state index in [9.17, 15) is 0 Å². The van der Waals surface area contributed by atoms with E-state index in [0.717, 1.165) is 43.5 Å². The maximum absolute atomic E-state index is 5.57. The van der Waals surface area contributed by atoms with Gasteiger partial charge in [0.1, 0.15) is 5.75 Å². The molecule has 0 unspecified atom stereocenters. The third kappa shape index (κ3) is 4.09. The van der Waals surface area contributed by atoms with E-state index in [4.69, 9.17) is 21.7 Å². The average Bonchev–Trinajstić information content (AvgIpc) is 2.63. The van der Waals surface area contributed by atoms with Crippen molar-refractivity contribution in [2.24, 2.45) is 0 Å². The van der Waals surface area contributed by atoms with Crippen LogP contribution in [0.3, 0.4) is 0 Å². The Morgan fingerprint density at radius 2 is 1.57 bits per heavy atom. The third-order valence-corrected chi connectivity index (χ3v) is 4.50. The summed E-state index contributed by atoms with van der Waals surface area (Å²) in [5.41, 5.74) is 3.64. The van der Waals surface area contributed by atoms with E-state index in [1.165, 1.54) is 16.7 Å². The number of hydrogen-bond donors (Lipinski definition) is 0. The standard InChI is InChI=1S/C19H21NO2S/c1-21-18-8-6-17(7-9-18)16-4-2-15(3-5-16)14-19(23)20-10-12-22-13-11-20/h2-9H,10-14H2,1H3. The summed E-state index contributed by atoms with van der Waals surface area (Å²) in [6.07, 6.45) is 0.818. The van der Waals surface area contributed by atoms with Crippen molar-refractivity contribution in [3.63, 3.8) is 0 Å². The monoisotopic (exact) mass is 327 g/mol. The predicted octanol–water partition coefficient (Wildman–Crippen LogP) is 3.56. The van der Waals surface area contributed by atoms with Crippen molar-refractivity contribution in [3.05, 3.63) is 54.1 Å². The molecule has 3 rings (SSSR count). The molecule has 0 aliphatic carbocycles. The fourth-order valence-corrected chi connectivity index (χ4v) is 3.05. The van der Waals surface area contributed by atoms with Gasteiger partial charge in [-0.3, -0.25) is 0 Å². The van der Waals surface area contributed by atoms with Crippen LogP contribution in [0.4, 0.5) is 0 Å². The zero-order valence-corrected chi connectivity index (χ0v) is 14.1. The van der Waals surface area contributed by atoms with Crippen molar-refractivity contribution in [1.29, 1.82) is 0 Å². The highest BCUT2D eigenvalue weighted by molar-refractivity contribution is 7.80. The topological polar surface area (TPSA) is 21.7 Å². The van der Waals surface area contributed by atoms with Gasteiger partial charge in [0.2, 0.25) is 0 Å². The first-order chi connectivity index (χ1) is 11.3. The minimum Gasteiger partial charge on any atom is -0.497 e. The molecule has 1 fully saturated rings. The second-order valence-corrected chi connectivity index (χ2v) is 6.07. The number of morpholine rings is 1. The Hall–Kier alpha value is -1.91. The van der Waals surface area contributed by atoms with E-state index in [-0.39, 0.29) is 0 Å². The van der Waals surface area contributed by atoms with Gasteiger partial charge in [-0.2, -0.15) is 0 Å². The molecule has 1 aliphatic rings. The summed E-state index contributed by atoms with van der Waals surface area (Å²) in [6, 6.07) is 16.7. The second-order valence-electron chi connectivity index (χ2n) is 5.60. The van der Waals surface area contributed by atoms with Gasteiger partial charge in [0.05, 0.1) is 25.3 Å². The van der Waals surface area contributed by atoms with Gasteiger partial charge in [-0.1, -0.05) is 48.6 Å². The molecule has 0 radical (unpaired) electrons. The highest BCUT2D eigenvalue weighted by Gasteiger charge is 2.13. The molecule has 3 nitrogen and oxygen atoms in total. The van der Waals surface area contributed by atoms with Crippen molar-refractivity contribution in [3.8, 4) is 16.9 Å². The van der Waals surface area contributed by atoms with Crippen LogP contribution >= 0.6 is 12.2 Å². The van der Waals surface area contributed by atoms with Crippen molar-refractivity contribution >= 4 is 17.2 Å². The molecular formula is C19H21NO2S. The van der Waals surface area contributed by atoms with Crippen LogP contribution in [0, 0.1) is 0 Å². The van der Waals surface area contributed by atoms with Crippen LogP contribution in [-0.2, 0) is 11.2 Å². The first-order valence-electron chi connectivity index (χ1n) is 7.85. The van der Waals surface area contributed by atoms with Crippen LogP contribution in [0.25, 0.3) is 11.1 Å². The van der Waals surface area contributed by atoms with Crippen molar-refractivity contribution in [1.82, 2.24) is 4.90 Å². The van der Waals surface area contributed by atoms with Crippen molar-refractivity contribution in [2.45, 2.75) is 6.42 Å². The van der Waals surface area contributed by atoms with Gasteiger partial charge in [0.25, 0.3) is 0 Å². The molecule has 2 aromatic rings. The summed E-state index contributed by atoms with van der Waals surface area (Å²) in [4.78, 5) is 3.25. The van der Waals surface area contributed by atoms with Gasteiger partial charge in [-0.05, 0) is 28.8 Å². The molecule has 120 valence electrons. The highest BCUT2D eigenvalue weighted by Crippen LogP contribution is 2.23. The number of benzene rings is 2. The molecule has 1 heterocycles. The number of rotatable bonds is 4. The second kappa shape index (κ2) is 7.57. The summed E-state index contributed by atoms with van der Waals surface area (Å²) in [5, 5.41) is 0.